The number of ether oxygens (including phenoxy) is 1. The van der Waals surface area contributed by atoms with E-state index in [1.165, 1.54) is 55.5 Å². The van der Waals surface area contributed by atoms with Gasteiger partial charge in [0.15, 0.2) is 5.03 Å². The van der Waals surface area contributed by atoms with Crippen LogP contribution in [0.4, 0.5) is 13.2 Å². The van der Waals surface area contributed by atoms with Crippen molar-refractivity contribution < 1.29 is 39.5 Å². The largest absolute Gasteiger partial charge is 0.494 e. The molecule has 1 atom stereocenters. The minimum absolute atomic E-state index is 0.144. The number of carbonyl (C=O) groups excluding carboxylic acids is 1. The van der Waals surface area contributed by atoms with Crippen LogP contribution in [0.1, 0.15) is 25.5 Å². The van der Waals surface area contributed by atoms with Crippen LogP contribution in [-0.2, 0) is 24.7 Å². The predicted molar refractivity (Wildman–Crippen MR) is 137 cm³/mol. The smallest absolute Gasteiger partial charge is 0.471 e. The summed E-state index contributed by atoms with van der Waals surface area (Å²) in [5, 5.41) is 1.65. The van der Waals surface area contributed by atoms with Crippen LogP contribution in [-0.4, -0.2) is 39.5 Å². The van der Waals surface area contributed by atoms with Crippen LogP contribution in [0.5, 0.6) is 5.75 Å². The molecule has 0 fully saturated rings. The SMILES string of the molecule is CCOc1ccc(S(=O)(=O)n2c(S(=O)(=O)c3ccc([C@H](C)NC(=O)C(F)(F)F)cc3)cc3ccccc32)cc1. The van der Waals surface area contributed by atoms with Gasteiger partial charge in [0.2, 0.25) is 9.84 Å². The standard InChI is InChI=1S/C26H23F3N2O6S2/c1-3-37-20-10-14-22(15-11-20)39(35,36)31-23-7-5-4-6-19(23)16-24(31)38(33,34)21-12-8-18(9-13-21)17(2)30-25(32)26(27,28)29/h4-17H,3H2,1-2H3,(H,30,32)/t17-/m0/s1. The Morgan fingerprint density at radius 1 is 0.923 bits per heavy atom. The molecule has 13 heteroatoms. The number of nitrogens with one attached hydrogen (secondary N) is 1. The summed E-state index contributed by atoms with van der Waals surface area (Å²) in [5.41, 5.74) is 0.360. The molecule has 0 aliphatic carbocycles. The van der Waals surface area contributed by atoms with Gasteiger partial charge in [-0.1, -0.05) is 30.3 Å². The zero-order valence-electron chi connectivity index (χ0n) is 20.6. The molecule has 206 valence electrons. The summed E-state index contributed by atoms with van der Waals surface area (Å²) in [6, 6.07) is 16.8. The third kappa shape index (κ3) is 5.50. The van der Waals surface area contributed by atoms with E-state index in [4.69, 9.17) is 4.74 Å². The van der Waals surface area contributed by atoms with Gasteiger partial charge in [0, 0.05) is 5.39 Å². The fraction of sp³-hybridized carbons (Fsp3) is 0.192. The molecule has 0 spiro atoms. The molecule has 0 aliphatic rings. The van der Waals surface area contributed by atoms with Crippen LogP contribution in [0.3, 0.4) is 0 Å². The number of fused-ring (bicyclic) bond motifs is 1. The number of alkyl halides is 3. The summed E-state index contributed by atoms with van der Waals surface area (Å²) in [6.45, 7) is 3.47. The highest BCUT2D eigenvalue weighted by atomic mass is 32.2. The Morgan fingerprint density at radius 3 is 2.10 bits per heavy atom. The van der Waals surface area contributed by atoms with Gasteiger partial charge >= 0.3 is 12.1 Å². The summed E-state index contributed by atoms with van der Waals surface area (Å²) in [7, 11) is -8.83. The molecule has 0 aliphatic heterocycles. The van der Waals surface area contributed by atoms with Gasteiger partial charge in [-0.2, -0.15) is 13.2 Å². The van der Waals surface area contributed by atoms with E-state index in [1.807, 2.05) is 0 Å². The molecule has 0 unspecified atom stereocenters. The molecule has 0 saturated heterocycles. The molecule has 0 bridgehead atoms. The maximum Gasteiger partial charge on any atom is 0.471 e. The topological polar surface area (TPSA) is 112 Å². The maximum absolute atomic E-state index is 13.7. The third-order valence-corrected chi connectivity index (χ3v) is 9.48. The molecule has 1 heterocycles. The summed E-state index contributed by atoms with van der Waals surface area (Å²) in [6.07, 6.45) is -5.07. The molecule has 4 aromatic rings. The van der Waals surface area contributed by atoms with Gasteiger partial charge in [0.05, 0.1) is 28.0 Å². The van der Waals surface area contributed by atoms with Gasteiger partial charge in [0.25, 0.3) is 10.0 Å². The lowest BCUT2D eigenvalue weighted by molar-refractivity contribution is -0.174. The highest BCUT2D eigenvalue weighted by Gasteiger charge is 2.39. The van der Waals surface area contributed by atoms with Crippen molar-refractivity contribution in [1.29, 1.82) is 0 Å². The first-order valence-corrected chi connectivity index (χ1v) is 14.5. The number of para-hydroxylation sites is 1. The highest BCUT2D eigenvalue weighted by Crippen LogP contribution is 2.33. The molecular formula is C26H23F3N2O6S2. The Balaban J connectivity index is 1.77. The number of sulfone groups is 1. The Hall–Kier alpha value is -3.84. The molecule has 0 radical (unpaired) electrons. The lowest BCUT2D eigenvalue weighted by Gasteiger charge is -2.16. The van der Waals surface area contributed by atoms with E-state index < -0.39 is 43.0 Å². The molecule has 1 amide bonds. The number of amides is 1. The number of nitrogens with zero attached hydrogens (tertiary/aromatic N) is 1. The average molecular weight is 581 g/mol. The average Bonchev–Trinajstić information content (AvgIpc) is 3.30. The monoisotopic (exact) mass is 580 g/mol. The van der Waals surface area contributed by atoms with E-state index in [0.717, 1.165) is 16.1 Å². The van der Waals surface area contributed by atoms with Crippen LogP contribution >= 0.6 is 0 Å². The van der Waals surface area contributed by atoms with Crippen LogP contribution in [0.2, 0.25) is 0 Å². The summed E-state index contributed by atoms with van der Waals surface area (Å²) in [5.74, 6) is -1.68. The van der Waals surface area contributed by atoms with Crippen molar-refractivity contribution in [2.75, 3.05) is 6.61 Å². The lowest BCUT2D eigenvalue weighted by Crippen LogP contribution is -2.38. The highest BCUT2D eigenvalue weighted by molar-refractivity contribution is 7.93. The second kappa shape index (κ2) is 10.4. The number of halogens is 3. The van der Waals surface area contributed by atoms with Crippen molar-refractivity contribution in [3.63, 3.8) is 0 Å². The molecule has 1 N–H and O–H groups in total. The molecule has 4 rings (SSSR count). The van der Waals surface area contributed by atoms with Crippen LogP contribution < -0.4 is 10.1 Å². The van der Waals surface area contributed by atoms with Crippen LogP contribution in [0.15, 0.2) is 93.7 Å². The Kier molecular flexibility index (Phi) is 7.50. The quantitative estimate of drug-likeness (QED) is 0.319. The van der Waals surface area contributed by atoms with Gasteiger partial charge in [0.1, 0.15) is 5.75 Å². The summed E-state index contributed by atoms with van der Waals surface area (Å²) < 4.78 is 98.7. The zero-order valence-corrected chi connectivity index (χ0v) is 22.3. The van der Waals surface area contributed by atoms with Crippen molar-refractivity contribution in [3.8, 4) is 5.75 Å². The number of carbonyl (C=O) groups is 1. The van der Waals surface area contributed by atoms with Crippen molar-refractivity contribution in [2.45, 2.75) is 40.9 Å². The van der Waals surface area contributed by atoms with E-state index in [1.54, 1.807) is 30.4 Å². The molecule has 8 nitrogen and oxygen atoms in total. The second-order valence-electron chi connectivity index (χ2n) is 8.48. The van der Waals surface area contributed by atoms with Gasteiger partial charge in [-0.3, -0.25) is 4.79 Å². The molecule has 3 aromatic carbocycles. The fourth-order valence-corrected chi connectivity index (χ4v) is 7.27. The number of rotatable bonds is 8. The Bertz CT molecular complexity index is 1730. The minimum atomic E-state index is -5.07. The van der Waals surface area contributed by atoms with Crippen LogP contribution in [0, 0.1) is 0 Å². The first-order chi connectivity index (χ1) is 18.3. The first kappa shape index (κ1) is 28.2. The minimum Gasteiger partial charge on any atom is -0.494 e. The second-order valence-corrected chi connectivity index (χ2v) is 12.2. The van der Waals surface area contributed by atoms with Crippen LogP contribution in [0.25, 0.3) is 10.9 Å². The molecule has 39 heavy (non-hydrogen) atoms. The Labute approximate surface area is 223 Å². The van der Waals surface area contributed by atoms with Gasteiger partial charge in [-0.05, 0) is 67.9 Å². The van der Waals surface area contributed by atoms with E-state index in [9.17, 15) is 34.8 Å². The fourth-order valence-electron chi connectivity index (χ4n) is 3.94. The van der Waals surface area contributed by atoms with Crippen molar-refractivity contribution >= 4 is 36.7 Å². The first-order valence-electron chi connectivity index (χ1n) is 11.6. The summed E-state index contributed by atoms with van der Waals surface area (Å²) in [4.78, 5) is 10.8. The van der Waals surface area contributed by atoms with Gasteiger partial charge < -0.3 is 10.1 Å². The van der Waals surface area contributed by atoms with E-state index in [0.29, 0.717) is 17.7 Å². The molecule has 0 saturated carbocycles. The van der Waals surface area contributed by atoms with Crippen molar-refractivity contribution in [1.82, 2.24) is 9.29 Å². The normalized spacial score (nSPS) is 13.3. The molecular weight excluding hydrogens is 557 g/mol. The van der Waals surface area contributed by atoms with Crippen molar-refractivity contribution in [2.24, 2.45) is 0 Å². The predicted octanol–water partition coefficient (Wildman–Crippen LogP) is 4.85. The number of aromatic nitrogens is 1. The summed E-state index contributed by atoms with van der Waals surface area (Å²) >= 11 is 0. The number of hydrogen-bond acceptors (Lipinski definition) is 6. The van der Waals surface area contributed by atoms with Gasteiger partial charge in [-0.15, -0.1) is 0 Å². The van der Waals surface area contributed by atoms with Gasteiger partial charge in [-0.25, -0.2) is 20.8 Å². The number of hydrogen-bond donors (Lipinski definition) is 1. The van der Waals surface area contributed by atoms with E-state index in [-0.39, 0.29) is 20.9 Å². The number of benzene rings is 3. The lowest BCUT2D eigenvalue weighted by atomic mass is 10.1. The zero-order chi connectivity index (χ0) is 28.6. The van der Waals surface area contributed by atoms with E-state index in [2.05, 4.69) is 0 Å². The van der Waals surface area contributed by atoms with Crippen molar-refractivity contribution in [3.05, 3.63) is 84.4 Å². The maximum atomic E-state index is 13.7. The molecule has 1 aromatic heterocycles. The Morgan fingerprint density at radius 2 is 1.51 bits per heavy atom. The third-order valence-electron chi connectivity index (χ3n) is 5.88. The van der Waals surface area contributed by atoms with E-state index >= 15 is 0 Å².